The molecule has 0 aromatic carbocycles. The maximum atomic E-state index is 12.7. The second-order valence-electron chi connectivity index (χ2n) is 6.17. The molecule has 1 N–H and O–H groups in total. The van der Waals surface area contributed by atoms with Gasteiger partial charge in [-0.05, 0) is 30.3 Å². The number of aliphatic carboxylic acids is 1. The second-order valence-corrected chi connectivity index (χ2v) is 6.17. The van der Waals surface area contributed by atoms with Crippen LogP contribution in [0.2, 0.25) is 0 Å². The lowest BCUT2D eigenvalue weighted by Gasteiger charge is -2.32. The van der Waals surface area contributed by atoms with Crippen molar-refractivity contribution in [3.05, 3.63) is 23.8 Å². The lowest BCUT2D eigenvalue weighted by Crippen LogP contribution is -2.44. The van der Waals surface area contributed by atoms with Crippen molar-refractivity contribution in [3.63, 3.8) is 0 Å². The first-order valence-corrected chi connectivity index (χ1v) is 7.48. The minimum absolute atomic E-state index is 0.00645. The van der Waals surface area contributed by atoms with Crippen LogP contribution in [-0.2, 0) is 14.3 Å². The van der Waals surface area contributed by atoms with Gasteiger partial charge in [-0.3, -0.25) is 9.59 Å². The SMILES string of the molecule is COCC1=CCN(C(=O)[C@H]2C3C=CC(C3)[C@H]2C(=O)O)CC1. The molecule has 5 nitrogen and oxygen atoms in total. The molecule has 2 unspecified atom stereocenters. The Balaban J connectivity index is 1.71. The summed E-state index contributed by atoms with van der Waals surface area (Å²) in [5.74, 6) is -1.62. The monoisotopic (exact) mass is 291 g/mol. The summed E-state index contributed by atoms with van der Waals surface area (Å²) in [6.45, 7) is 1.84. The number of carbonyl (C=O) groups excluding carboxylic acids is 1. The lowest BCUT2D eigenvalue weighted by molar-refractivity contribution is -0.150. The lowest BCUT2D eigenvalue weighted by atomic mass is 9.82. The highest BCUT2D eigenvalue weighted by Crippen LogP contribution is 2.48. The minimum atomic E-state index is -0.835. The molecule has 2 bridgehead atoms. The predicted octanol–water partition coefficient (Wildman–Crippen LogP) is 1.31. The third kappa shape index (κ3) is 2.50. The van der Waals surface area contributed by atoms with Crippen molar-refractivity contribution in [2.45, 2.75) is 12.8 Å². The number of rotatable bonds is 4. The fourth-order valence-electron chi connectivity index (χ4n) is 3.93. The Morgan fingerprint density at radius 3 is 2.62 bits per heavy atom. The number of nitrogens with zero attached hydrogens (tertiary/aromatic N) is 1. The van der Waals surface area contributed by atoms with Crippen molar-refractivity contribution in [2.75, 3.05) is 26.8 Å². The highest BCUT2D eigenvalue weighted by molar-refractivity contribution is 5.87. The molecule has 3 aliphatic rings. The average molecular weight is 291 g/mol. The summed E-state index contributed by atoms with van der Waals surface area (Å²) in [4.78, 5) is 26.0. The molecule has 0 aromatic rings. The van der Waals surface area contributed by atoms with Crippen molar-refractivity contribution in [2.24, 2.45) is 23.7 Å². The molecule has 1 amide bonds. The summed E-state index contributed by atoms with van der Waals surface area (Å²) in [7, 11) is 1.66. The van der Waals surface area contributed by atoms with E-state index >= 15 is 0 Å². The van der Waals surface area contributed by atoms with Gasteiger partial charge in [0.25, 0.3) is 0 Å². The van der Waals surface area contributed by atoms with Crippen LogP contribution in [0.15, 0.2) is 23.8 Å². The van der Waals surface area contributed by atoms with Gasteiger partial charge in [-0.15, -0.1) is 0 Å². The van der Waals surface area contributed by atoms with E-state index in [-0.39, 0.29) is 23.7 Å². The standard InChI is InChI=1S/C16H21NO4/c1-21-9-10-4-6-17(7-5-10)15(18)13-11-2-3-12(8-11)14(13)16(19)20/h2-4,11-14H,5-9H2,1H3,(H,19,20)/t11?,12?,13-,14+/m0/s1. The molecule has 1 heterocycles. The van der Waals surface area contributed by atoms with Crippen LogP contribution in [0.4, 0.5) is 0 Å². The van der Waals surface area contributed by atoms with Crippen molar-refractivity contribution < 1.29 is 19.4 Å². The van der Waals surface area contributed by atoms with E-state index in [0.29, 0.717) is 19.7 Å². The highest BCUT2D eigenvalue weighted by atomic mass is 16.5. The van der Waals surface area contributed by atoms with Gasteiger partial charge in [-0.25, -0.2) is 0 Å². The van der Waals surface area contributed by atoms with E-state index in [1.54, 1.807) is 12.0 Å². The van der Waals surface area contributed by atoms with Crippen LogP contribution in [0.1, 0.15) is 12.8 Å². The van der Waals surface area contributed by atoms with Crippen LogP contribution in [-0.4, -0.2) is 48.7 Å². The number of ether oxygens (including phenoxy) is 1. The molecule has 3 rings (SSSR count). The number of carboxylic acids is 1. The molecule has 1 saturated carbocycles. The van der Waals surface area contributed by atoms with Gasteiger partial charge in [0.1, 0.15) is 0 Å². The Hall–Kier alpha value is -1.62. The van der Waals surface area contributed by atoms with Gasteiger partial charge >= 0.3 is 5.97 Å². The van der Waals surface area contributed by atoms with Crippen LogP contribution < -0.4 is 0 Å². The van der Waals surface area contributed by atoms with Gasteiger partial charge in [0.05, 0.1) is 18.4 Å². The third-order valence-corrected chi connectivity index (χ3v) is 4.97. The summed E-state index contributed by atoms with van der Waals surface area (Å²) in [5, 5.41) is 9.43. The zero-order valence-corrected chi connectivity index (χ0v) is 12.2. The van der Waals surface area contributed by atoms with E-state index in [9.17, 15) is 14.7 Å². The number of carbonyl (C=O) groups is 2. The van der Waals surface area contributed by atoms with E-state index in [1.807, 2.05) is 18.2 Å². The van der Waals surface area contributed by atoms with Crippen molar-refractivity contribution in [1.29, 1.82) is 0 Å². The van der Waals surface area contributed by atoms with E-state index in [1.165, 1.54) is 5.57 Å². The van der Waals surface area contributed by atoms with Gasteiger partial charge in [0, 0.05) is 20.2 Å². The number of methoxy groups -OCH3 is 1. The van der Waals surface area contributed by atoms with E-state index in [2.05, 4.69) is 0 Å². The van der Waals surface area contributed by atoms with E-state index in [4.69, 9.17) is 4.74 Å². The predicted molar refractivity (Wildman–Crippen MR) is 76.5 cm³/mol. The Bertz CT molecular complexity index is 510. The molecule has 5 heteroatoms. The molecule has 114 valence electrons. The molecule has 0 spiro atoms. The maximum absolute atomic E-state index is 12.7. The van der Waals surface area contributed by atoms with Gasteiger partial charge in [0.15, 0.2) is 0 Å². The van der Waals surface area contributed by atoms with Crippen molar-refractivity contribution >= 4 is 11.9 Å². The summed E-state index contributed by atoms with van der Waals surface area (Å²) in [6.07, 6.45) is 7.66. The first kappa shape index (κ1) is 14.3. The number of carboxylic acid groups (broad SMARTS) is 1. The molecule has 21 heavy (non-hydrogen) atoms. The van der Waals surface area contributed by atoms with Crippen molar-refractivity contribution in [3.8, 4) is 0 Å². The van der Waals surface area contributed by atoms with E-state index < -0.39 is 11.9 Å². The number of hydrogen-bond acceptors (Lipinski definition) is 3. The number of fused-ring (bicyclic) bond motifs is 2. The van der Waals surface area contributed by atoms with Gasteiger partial charge < -0.3 is 14.7 Å². The van der Waals surface area contributed by atoms with Crippen LogP contribution in [0.25, 0.3) is 0 Å². The molecule has 1 aliphatic heterocycles. The zero-order valence-electron chi connectivity index (χ0n) is 12.2. The molecule has 2 aliphatic carbocycles. The summed E-state index contributed by atoms with van der Waals surface area (Å²) < 4.78 is 5.11. The largest absolute Gasteiger partial charge is 0.481 e. The Labute approximate surface area is 124 Å². The first-order chi connectivity index (χ1) is 10.1. The van der Waals surface area contributed by atoms with Crippen LogP contribution >= 0.6 is 0 Å². The number of hydrogen-bond donors (Lipinski definition) is 1. The van der Waals surface area contributed by atoms with Gasteiger partial charge in [0.2, 0.25) is 5.91 Å². The van der Waals surface area contributed by atoms with Crippen LogP contribution in [0.5, 0.6) is 0 Å². The van der Waals surface area contributed by atoms with Gasteiger partial charge in [-0.1, -0.05) is 18.2 Å². The first-order valence-electron chi connectivity index (χ1n) is 7.48. The molecule has 1 fully saturated rings. The topological polar surface area (TPSA) is 66.8 Å². The zero-order chi connectivity index (χ0) is 15.0. The molecule has 0 radical (unpaired) electrons. The maximum Gasteiger partial charge on any atom is 0.307 e. The van der Waals surface area contributed by atoms with E-state index in [0.717, 1.165) is 12.8 Å². The fourth-order valence-corrected chi connectivity index (χ4v) is 3.93. The normalized spacial score (nSPS) is 34.1. The highest BCUT2D eigenvalue weighted by Gasteiger charge is 2.52. The molecular weight excluding hydrogens is 270 g/mol. The number of amides is 1. The molecule has 0 aromatic heterocycles. The Kier molecular flexibility index (Phi) is 3.85. The van der Waals surface area contributed by atoms with Crippen LogP contribution in [0, 0.1) is 23.7 Å². The van der Waals surface area contributed by atoms with Gasteiger partial charge in [-0.2, -0.15) is 0 Å². The summed E-state index contributed by atoms with van der Waals surface area (Å²) in [5.41, 5.74) is 1.21. The quantitative estimate of drug-likeness (QED) is 0.793. The summed E-state index contributed by atoms with van der Waals surface area (Å²) >= 11 is 0. The smallest absolute Gasteiger partial charge is 0.307 e. The average Bonchev–Trinajstić information content (AvgIpc) is 3.08. The molecular formula is C16H21NO4. The third-order valence-electron chi connectivity index (χ3n) is 4.97. The Morgan fingerprint density at radius 1 is 1.33 bits per heavy atom. The Morgan fingerprint density at radius 2 is 2.05 bits per heavy atom. The number of allylic oxidation sites excluding steroid dienone is 2. The summed E-state index contributed by atoms with van der Waals surface area (Å²) in [6, 6.07) is 0. The minimum Gasteiger partial charge on any atom is -0.481 e. The van der Waals surface area contributed by atoms with Crippen molar-refractivity contribution in [1.82, 2.24) is 4.90 Å². The van der Waals surface area contributed by atoms with Crippen LogP contribution in [0.3, 0.4) is 0 Å². The molecule has 4 atom stereocenters. The second kappa shape index (κ2) is 5.64. The molecule has 0 saturated heterocycles. The fraction of sp³-hybridized carbons (Fsp3) is 0.625.